The lowest BCUT2D eigenvalue weighted by atomic mass is 9.96. The molecule has 0 bridgehead atoms. The fraction of sp³-hybridized carbons (Fsp3) is 0.368. The number of nitrogens with zero attached hydrogens (tertiary/aromatic N) is 2. The first-order chi connectivity index (χ1) is 11.1. The van der Waals surface area contributed by atoms with Gasteiger partial charge in [0, 0.05) is 24.3 Å². The Bertz CT molecular complexity index is 705. The first kappa shape index (κ1) is 15.5. The van der Waals surface area contributed by atoms with Crippen molar-refractivity contribution in [3.05, 3.63) is 47.7 Å². The van der Waals surface area contributed by atoms with E-state index in [1.165, 1.54) is 0 Å². The molecule has 1 aromatic carbocycles. The lowest BCUT2D eigenvalue weighted by Gasteiger charge is -2.22. The van der Waals surface area contributed by atoms with Crippen LogP contribution in [0, 0.1) is 0 Å². The highest BCUT2D eigenvalue weighted by Crippen LogP contribution is 2.34. The molecule has 1 fully saturated rings. The smallest absolute Gasteiger partial charge is 0.340 e. The van der Waals surface area contributed by atoms with E-state index in [9.17, 15) is 9.90 Å². The molecule has 0 aliphatic carbocycles. The zero-order valence-electron chi connectivity index (χ0n) is 13.6. The molecule has 2 aromatic rings. The van der Waals surface area contributed by atoms with Crippen LogP contribution in [0.5, 0.6) is 0 Å². The summed E-state index contributed by atoms with van der Waals surface area (Å²) >= 11 is 0. The SMILES string of the molecule is CC(C)c1cc(-c2ccccc2)c(C(=O)O)c(N2CCCC2)n1. The second-order valence-electron chi connectivity index (χ2n) is 6.31. The number of rotatable bonds is 4. The molecule has 1 N–H and O–H groups in total. The zero-order chi connectivity index (χ0) is 16.4. The number of carboxylic acid groups (broad SMARTS) is 1. The van der Waals surface area contributed by atoms with Crippen LogP contribution in [0.3, 0.4) is 0 Å². The molecule has 4 nitrogen and oxygen atoms in total. The molecular weight excluding hydrogens is 288 g/mol. The monoisotopic (exact) mass is 310 g/mol. The standard InChI is InChI=1S/C19H22N2O2/c1-13(2)16-12-15(14-8-4-3-5-9-14)17(19(22)23)18(20-16)21-10-6-7-11-21/h3-5,8-9,12-13H,6-7,10-11H2,1-2H3,(H,22,23). The third-order valence-electron chi connectivity index (χ3n) is 4.32. The molecule has 1 aliphatic heterocycles. The minimum absolute atomic E-state index is 0.252. The number of aromatic carboxylic acids is 1. The molecule has 23 heavy (non-hydrogen) atoms. The van der Waals surface area contributed by atoms with Gasteiger partial charge in [-0.25, -0.2) is 9.78 Å². The van der Waals surface area contributed by atoms with Crippen LogP contribution in [0.25, 0.3) is 11.1 Å². The summed E-state index contributed by atoms with van der Waals surface area (Å²) in [4.78, 5) is 18.8. The molecule has 0 amide bonds. The van der Waals surface area contributed by atoms with E-state index in [0.717, 1.165) is 42.8 Å². The highest BCUT2D eigenvalue weighted by molar-refractivity contribution is 6.01. The minimum Gasteiger partial charge on any atom is -0.478 e. The molecule has 1 aliphatic rings. The van der Waals surface area contributed by atoms with E-state index in [-0.39, 0.29) is 5.92 Å². The third-order valence-corrected chi connectivity index (χ3v) is 4.32. The van der Waals surface area contributed by atoms with Crippen LogP contribution in [0.1, 0.15) is 48.7 Å². The number of anilines is 1. The van der Waals surface area contributed by atoms with Gasteiger partial charge in [-0.15, -0.1) is 0 Å². The van der Waals surface area contributed by atoms with Gasteiger partial charge in [0.05, 0.1) is 0 Å². The molecule has 0 spiro atoms. The zero-order valence-corrected chi connectivity index (χ0v) is 13.6. The van der Waals surface area contributed by atoms with Crippen molar-refractivity contribution in [2.45, 2.75) is 32.6 Å². The van der Waals surface area contributed by atoms with Crippen molar-refractivity contribution in [1.82, 2.24) is 4.98 Å². The van der Waals surface area contributed by atoms with Gasteiger partial charge in [-0.05, 0) is 30.4 Å². The first-order valence-corrected chi connectivity index (χ1v) is 8.16. The summed E-state index contributed by atoms with van der Waals surface area (Å²) in [5.74, 6) is -0.0322. The highest BCUT2D eigenvalue weighted by Gasteiger charge is 2.26. The van der Waals surface area contributed by atoms with E-state index in [1.807, 2.05) is 36.4 Å². The Morgan fingerprint density at radius 2 is 1.83 bits per heavy atom. The highest BCUT2D eigenvalue weighted by atomic mass is 16.4. The maximum absolute atomic E-state index is 12.0. The lowest BCUT2D eigenvalue weighted by Crippen LogP contribution is -2.23. The maximum Gasteiger partial charge on any atom is 0.340 e. The number of carbonyl (C=O) groups is 1. The summed E-state index contributed by atoms with van der Waals surface area (Å²) in [5.41, 5.74) is 2.95. The van der Waals surface area contributed by atoms with Crippen LogP contribution >= 0.6 is 0 Å². The lowest BCUT2D eigenvalue weighted by molar-refractivity contribution is 0.0698. The largest absolute Gasteiger partial charge is 0.478 e. The molecule has 0 radical (unpaired) electrons. The molecule has 3 rings (SSSR count). The Morgan fingerprint density at radius 3 is 2.39 bits per heavy atom. The van der Waals surface area contributed by atoms with Crippen LogP contribution in [0.2, 0.25) is 0 Å². The number of benzene rings is 1. The first-order valence-electron chi connectivity index (χ1n) is 8.16. The van der Waals surface area contributed by atoms with Crippen molar-refractivity contribution in [3.63, 3.8) is 0 Å². The van der Waals surface area contributed by atoms with E-state index in [0.29, 0.717) is 11.4 Å². The van der Waals surface area contributed by atoms with E-state index < -0.39 is 5.97 Å². The molecule has 0 unspecified atom stereocenters. The van der Waals surface area contributed by atoms with Gasteiger partial charge in [-0.1, -0.05) is 44.2 Å². The molecule has 1 aromatic heterocycles. The summed E-state index contributed by atoms with van der Waals surface area (Å²) in [5, 5.41) is 9.83. The van der Waals surface area contributed by atoms with Gasteiger partial charge in [0.2, 0.25) is 0 Å². The Balaban J connectivity index is 2.25. The van der Waals surface area contributed by atoms with E-state index in [1.54, 1.807) is 0 Å². The second kappa shape index (κ2) is 6.41. The predicted molar refractivity (Wildman–Crippen MR) is 92.2 cm³/mol. The van der Waals surface area contributed by atoms with Gasteiger partial charge in [0.1, 0.15) is 11.4 Å². The van der Waals surface area contributed by atoms with E-state index >= 15 is 0 Å². The van der Waals surface area contributed by atoms with Crippen molar-refractivity contribution in [3.8, 4) is 11.1 Å². The maximum atomic E-state index is 12.0. The van der Waals surface area contributed by atoms with E-state index in [2.05, 4.69) is 18.7 Å². The normalized spacial score (nSPS) is 14.5. The van der Waals surface area contributed by atoms with Gasteiger partial charge in [0.15, 0.2) is 0 Å². The van der Waals surface area contributed by atoms with Gasteiger partial charge in [-0.3, -0.25) is 0 Å². The minimum atomic E-state index is -0.909. The average Bonchev–Trinajstić information content (AvgIpc) is 3.08. The molecule has 120 valence electrons. The Morgan fingerprint density at radius 1 is 1.17 bits per heavy atom. The van der Waals surface area contributed by atoms with E-state index in [4.69, 9.17) is 4.98 Å². The van der Waals surface area contributed by atoms with Crippen molar-refractivity contribution >= 4 is 11.8 Å². The second-order valence-corrected chi connectivity index (χ2v) is 6.31. The molecule has 1 saturated heterocycles. The predicted octanol–water partition coefficient (Wildman–Crippen LogP) is 4.17. The van der Waals surface area contributed by atoms with Crippen molar-refractivity contribution < 1.29 is 9.90 Å². The van der Waals surface area contributed by atoms with Crippen LogP contribution in [-0.2, 0) is 0 Å². The number of aromatic nitrogens is 1. The van der Waals surface area contributed by atoms with Crippen molar-refractivity contribution in [1.29, 1.82) is 0 Å². The summed E-state index contributed by atoms with van der Waals surface area (Å²) in [6.07, 6.45) is 2.18. The molecular formula is C19H22N2O2. The summed E-state index contributed by atoms with van der Waals surface area (Å²) in [7, 11) is 0. The van der Waals surface area contributed by atoms with Crippen LogP contribution in [0.15, 0.2) is 36.4 Å². The quantitative estimate of drug-likeness (QED) is 0.921. The number of carboxylic acids is 1. The number of pyridine rings is 1. The molecule has 2 heterocycles. The number of hydrogen-bond donors (Lipinski definition) is 1. The van der Waals surface area contributed by atoms with Crippen molar-refractivity contribution in [2.24, 2.45) is 0 Å². The Kier molecular flexibility index (Phi) is 4.33. The van der Waals surface area contributed by atoms with Gasteiger partial charge < -0.3 is 10.0 Å². The van der Waals surface area contributed by atoms with Crippen LogP contribution in [0.4, 0.5) is 5.82 Å². The van der Waals surface area contributed by atoms with Gasteiger partial charge in [-0.2, -0.15) is 0 Å². The third kappa shape index (κ3) is 3.07. The summed E-state index contributed by atoms with van der Waals surface area (Å²) < 4.78 is 0. The fourth-order valence-electron chi connectivity index (χ4n) is 3.06. The average molecular weight is 310 g/mol. The van der Waals surface area contributed by atoms with Crippen LogP contribution < -0.4 is 4.90 Å². The Hall–Kier alpha value is -2.36. The molecule has 0 atom stereocenters. The number of hydrogen-bond acceptors (Lipinski definition) is 3. The summed E-state index contributed by atoms with van der Waals surface area (Å²) in [6, 6.07) is 11.7. The molecule has 4 heteroatoms. The van der Waals surface area contributed by atoms with Crippen LogP contribution in [-0.4, -0.2) is 29.1 Å². The molecule has 0 saturated carbocycles. The van der Waals surface area contributed by atoms with Gasteiger partial charge >= 0.3 is 5.97 Å². The summed E-state index contributed by atoms with van der Waals surface area (Å²) in [6.45, 7) is 5.93. The van der Waals surface area contributed by atoms with Gasteiger partial charge in [0.25, 0.3) is 0 Å². The van der Waals surface area contributed by atoms with Crippen molar-refractivity contribution in [2.75, 3.05) is 18.0 Å². The Labute approximate surface area is 136 Å². The fourth-order valence-corrected chi connectivity index (χ4v) is 3.06. The topological polar surface area (TPSA) is 53.4 Å².